The van der Waals surface area contributed by atoms with Gasteiger partial charge >= 0.3 is 0 Å². The number of amides is 1. The molecule has 90 valence electrons. The van der Waals surface area contributed by atoms with E-state index in [1.165, 1.54) is 5.57 Å². The number of carbonyl (C=O) groups is 1. The van der Waals surface area contributed by atoms with Crippen molar-refractivity contribution < 1.29 is 4.79 Å². The Morgan fingerprint density at radius 3 is 2.75 bits per heavy atom. The lowest BCUT2D eigenvalue weighted by atomic mass is 9.89. The van der Waals surface area contributed by atoms with Gasteiger partial charge in [0.2, 0.25) is 5.91 Å². The van der Waals surface area contributed by atoms with E-state index < -0.39 is 0 Å². The Morgan fingerprint density at radius 1 is 1.50 bits per heavy atom. The molecule has 1 saturated heterocycles. The van der Waals surface area contributed by atoms with Crippen molar-refractivity contribution in [2.24, 2.45) is 5.92 Å². The number of hydrogen-bond acceptors (Lipinski definition) is 2. The van der Waals surface area contributed by atoms with Crippen LogP contribution in [0.3, 0.4) is 0 Å². The molecule has 1 rings (SSSR count). The van der Waals surface area contributed by atoms with Gasteiger partial charge in [-0.15, -0.1) is 0 Å². The van der Waals surface area contributed by atoms with Crippen LogP contribution in [0.15, 0.2) is 11.1 Å². The third-order valence-corrected chi connectivity index (χ3v) is 3.47. The Balaban J connectivity index is 2.60. The van der Waals surface area contributed by atoms with Crippen molar-refractivity contribution in [1.82, 2.24) is 5.32 Å². The van der Waals surface area contributed by atoms with Crippen molar-refractivity contribution >= 4 is 11.6 Å². The zero-order valence-corrected chi connectivity index (χ0v) is 10.5. The Kier molecular flexibility index (Phi) is 4.71. The van der Waals surface area contributed by atoms with Gasteiger partial charge in [-0.25, -0.2) is 0 Å². The van der Waals surface area contributed by atoms with Crippen molar-refractivity contribution in [3.63, 3.8) is 0 Å². The lowest BCUT2D eigenvalue weighted by Crippen LogP contribution is -2.37. The van der Waals surface area contributed by atoms with Crippen LogP contribution in [0, 0.1) is 11.3 Å². The Hall–Kier alpha value is -1.12. The number of rotatable bonds is 4. The minimum Gasteiger partial charge on any atom is -0.356 e. The maximum Gasteiger partial charge on any atom is 0.223 e. The molecule has 0 spiro atoms. The average molecular weight is 222 g/mol. The molecule has 0 radical (unpaired) electrons. The summed E-state index contributed by atoms with van der Waals surface area (Å²) < 4.78 is 0. The van der Waals surface area contributed by atoms with Gasteiger partial charge in [-0.1, -0.05) is 12.5 Å². The van der Waals surface area contributed by atoms with E-state index >= 15 is 0 Å². The van der Waals surface area contributed by atoms with Crippen molar-refractivity contribution in [3.05, 3.63) is 11.1 Å². The highest BCUT2D eigenvalue weighted by Crippen LogP contribution is 2.19. The molecule has 0 aromatic carbocycles. The van der Waals surface area contributed by atoms with Crippen molar-refractivity contribution in [2.75, 3.05) is 6.54 Å². The third kappa shape index (κ3) is 3.19. The fourth-order valence-corrected chi connectivity index (χ4v) is 1.95. The van der Waals surface area contributed by atoms with Crippen molar-refractivity contribution in [3.8, 4) is 0 Å². The second-order valence-electron chi connectivity index (χ2n) is 4.57. The lowest BCUT2D eigenvalue weighted by Gasteiger charge is -2.22. The van der Waals surface area contributed by atoms with Gasteiger partial charge in [-0.2, -0.15) is 0 Å². The highest BCUT2D eigenvalue weighted by molar-refractivity contribution is 6.00. The molecule has 16 heavy (non-hydrogen) atoms. The van der Waals surface area contributed by atoms with E-state index in [9.17, 15) is 4.79 Å². The summed E-state index contributed by atoms with van der Waals surface area (Å²) in [7, 11) is 0. The Morgan fingerprint density at radius 2 is 2.19 bits per heavy atom. The molecule has 3 heteroatoms. The van der Waals surface area contributed by atoms with E-state index in [-0.39, 0.29) is 11.8 Å². The van der Waals surface area contributed by atoms with Crippen LogP contribution in [0.25, 0.3) is 0 Å². The summed E-state index contributed by atoms with van der Waals surface area (Å²) in [6.45, 7) is 6.94. The van der Waals surface area contributed by atoms with Crippen LogP contribution in [0.1, 0.15) is 46.5 Å². The minimum atomic E-state index is 0.0147. The van der Waals surface area contributed by atoms with E-state index in [2.05, 4.69) is 19.2 Å². The molecule has 1 atom stereocenters. The van der Waals surface area contributed by atoms with Crippen LogP contribution < -0.4 is 5.32 Å². The first-order valence-electron chi connectivity index (χ1n) is 6.08. The van der Waals surface area contributed by atoms with Crippen LogP contribution in [0.5, 0.6) is 0 Å². The van der Waals surface area contributed by atoms with Crippen LogP contribution in [-0.2, 0) is 4.79 Å². The predicted molar refractivity (Wildman–Crippen MR) is 66.7 cm³/mol. The summed E-state index contributed by atoms with van der Waals surface area (Å²) in [5, 5.41) is 10.9. The van der Waals surface area contributed by atoms with Crippen LogP contribution in [0.2, 0.25) is 0 Å². The van der Waals surface area contributed by atoms with Crippen LogP contribution in [-0.4, -0.2) is 18.2 Å². The van der Waals surface area contributed by atoms with Gasteiger partial charge in [0.15, 0.2) is 0 Å². The quantitative estimate of drug-likeness (QED) is 0.706. The van der Waals surface area contributed by atoms with Gasteiger partial charge in [0.1, 0.15) is 0 Å². The zero-order valence-electron chi connectivity index (χ0n) is 10.5. The third-order valence-electron chi connectivity index (χ3n) is 3.47. The molecular formula is C13H22N2O. The normalized spacial score (nSPS) is 22.4. The molecule has 2 N–H and O–H groups in total. The number of hydrogen-bond donors (Lipinski definition) is 2. The molecule has 0 bridgehead atoms. The highest BCUT2D eigenvalue weighted by Gasteiger charge is 2.23. The summed E-state index contributed by atoms with van der Waals surface area (Å²) in [6, 6.07) is 0. The molecule has 1 fully saturated rings. The fraction of sp³-hybridized carbons (Fsp3) is 0.692. The maximum absolute atomic E-state index is 11.6. The molecule has 0 aromatic heterocycles. The highest BCUT2D eigenvalue weighted by atomic mass is 16.1. The van der Waals surface area contributed by atoms with Gasteiger partial charge < -0.3 is 10.7 Å². The zero-order chi connectivity index (χ0) is 12.1. The van der Waals surface area contributed by atoms with E-state index in [0.717, 1.165) is 31.4 Å². The maximum atomic E-state index is 11.6. The second kappa shape index (κ2) is 5.83. The molecule has 0 aromatic rings. The van der Waals surface area contributed by atoms with Gasteiger partial charge in [0.05, 0.1) is 0 Å². The smallest absolute Gasteiger partial charge is 0.223 e. The SMILES string of the molecule is CCC(C)=C(C)C(=N)CC1CCCNC1=O. The molecule has 0 aliphatic carbocycles. The predicted octanol–water partition coefficient (Wildman–Crippen LogP) is 2.67. The van der Waals surface area contributed by atoms with Gasteiger partial charge in [-0.05, 0) is 38.7 Å². The minimum absolute atomic E-state index is 0.0147. The molecule has 1 amide bonds. The van der Waals surface area contributed by atoms with E-state index in [0.29, 0.717) is 12.1 Å². The molecule has 1 unspecified atom stereocenters. The Labute approximate surface area is 97.8 Å². The number of piperidine rings is 1. The summed E-state index contributed by atoms with van der Waals surface area (Å²) in [5.41, 5.74) is 2.93. The molecule has 1 aliphatic rings. The van der Waals surface area contributed by atoms with Gasteiger partial charge in [0, 0.05) is 24.6 Å². The fourth-order valence-electron chi connectivity index (χ4n) is 1.95. The summed E-state index contributed by atoms with van der Waals surface area (Å²) >= 11 is 0. The first-order valence-corrected chi connectivity index (χ1v) is 6.08. The lowest BCUT2D eigenvalue weighted by molar-refractivity contribution is -0.126. The van der Waals surface area contributed by atoms with Gasteiger partial charge in [0.25, 0.3) is 0 Å². The molecule has 0 saturated carbocycles. The molecule has 1 aliphatic heterocycles. The number of allylic oxidation sites excluding steroid dienone is 2. The standard InChI is InChI=1S/C13H22N2O/c1-4-9(2)10(3)12(14)8-11-6-5-7-15-13(11)16/h11,14H,4-8H2,1-3H3,(H,15,16). The first kappa shape index (κ1) is 12.9. The summed E-state index contributed by atoms with van der Waals surface area (Å²) in [6.07, 6.45) is 3.53. The summed E-state index contributed by atoms with van der Waals surface area (Å²) in [4.78, 5) is 11.6. The van der Waals surface area contributed by atoms with E-state index in [1.54, 1.807) is 0 Å². The average Bonchev–Trinajstić information content (AvgIpc) is 2.30. The number of nitrogens with one attached hydrogen (secondary N) is 2. The molecule has 1 heterocycles. The molecule has 3 nitrogen and oxygen atoms in total. The van der Waals surface area contributed by atoms with Crippen LogP contribution >= 0.6 is 0 Å². The monoisotopic (exact) mass is 222 g/mol. The Bertz CT molecular complexity index is 318. The van der Waals surface area contributed by atoms with E-state index in [1.807, 2.05) is 6.92 Å². The van der Waals surface area contributed by atoms with Gasteiger partial charge in [-0.3, -0.25) is 4.79 Å². The second-order valence-corrected chi connectivity index (χ2v) is 4.57. The van der Waals surface area contributed by atoms with E-state index in [4.69, 9.17) is 5.41 Å². The van der Waals surface area contributed by atoms with Crippen molar-refractivity contribution in [2.45, 2.75) is 46.5 Å². The van der Waals surface area contributed by atoms with Crippen LogP contribution in [0.4, 0.5) is 0 Å². The first-order chi connectivity index (χ1) is 7.56. The molecular weight excluding hydrogens is 200 g/mol. The topological polar surface area (TPSA) is 53.0 Å². The summed E-state index contributed by atoms with van der Waals surface area (Å²) in [5.74, 6) is 0.138. The largest absolute Gasteiger partial charge is 0.356 e. The number of carbonyl (C=O) groups excluding carboxylic acids is 1. The van der Waals surface area contributed by atoms with Crippen molar-refractivity contribution in [1.29, 1.82) is 5.41 Å².